The zero-order chi connectivity index (χ0) is 15.3. The number of hydrogen-bond donors (Lipinski definition) is 1. The van der Waals surface area contributed by atoms with E-state index in [1.54, 1.807) is 6.07 Å². The average molecular weight is 316 g/mol. The molecule has 1 saturated carbocycles. The van der Waals surface area contributed by atoms with Crippen LogP contribution in [0, 0.1) is 17.8 Å². The van der Waals surface area contributed by atoms with Crippen molar-refractivity contribution in [2.45, 2.75) is 37.8 Å². The highest BCUT2D eigenvalue weighted by atomic mass is 35.5. The lowest BCUT2D eigenvalue weighted by atomic mass is 9.89. The molecule has 0 spiro atoms. The van der Waals surface area contributed by atoms with Crippen LogP contribution in [0.25, 0.3) is 0 Å². The van der Waals surface area contributed by atoms with E-state index in [1.807, 2.05) is 0 Å². The summed E-state index contributed by atoms with van der Waals surface area (Å²) < 4.78 is 46.5. The van der Waals surface area contributed by atoms with Crippen LogP contribution in [-0.2, 0) is 10.3 Å². The van der Waals surface area contributed by atoms with Crippen LogP contribution in [0.3, 0.4) is 0 Å². The number of halogens is 4. The van der Waals surface area contributed by atoms with Crippen LogP contribution in [0.15, 0.2) is 18.2 Å². The summed E-state index contributed by atoms with van der Waals surface area (Å²) in [4.78, 5) is 0. The van der Waals surface area contributed by atoms with Crippen molar-refractivity contribution in [2.24, 2.45) is 5.92 Å². The zero-order valence-electron chi connectivity index (χ0n) is 11.2. The van der Waals surface area contributed by atoms with Crippen molar-refractivity contribution in [3.63, 3.8) is 0 Å². The number of hydrogen-bond acceptors (Lipinski definition) is 2. The number of alkyl halides is 3. The number of ether oxygens (including phenoxy) is 1. The first-order valence-electron chi connectivity index (χ1n) is 6.65. The van der Waals surface area contributed by atoms with Gasteiger partial charge in [0.1, 0.15) is 6.23 Å². The van der Waals surface area contributed by atoms with Gasteiger partial charge >= 0.3 is 6.18 Å². The smallest absolute Gasteiger partial charge is 0.360 e. The number of anilines is 1. The molecule has 3 rings (SSSR count). The van der Waals surface area contributed by atoms with E-state index in [0.717, 1.165) is 12.8 Å². The molecule has 1 aromatic carbocycles. The van der Waals surface area contributed by atoms with Crippen LogP contribution in [0.1, 0.15) is 25.3 Å². The fraction of sp³-hybridized carbons (Fsp3) is 0.467. The Bertz CT molecular complexity index is 630. The molecule has 0 bridgehead atoms. The third-order valence-electron chi connectivity index (χ3n) is 3.50. The first-order valence-corrected chi connectivity index (χ1v) is 7.03. The Hall–Kier alpha value is -1.38. The van der Waals surface area contributed by atoms with Crippen LogP contribution in [0.2, 0.25) is 5.02 Å². The number of nitrogens with one attached hydrogen (secondary N) is 1. The van der Waals surface area contributed by atoms with Gasteiger partial charge in [0, 0.05) is 22.2 Å². The molecule has 0 amide bonds. The van der Waals surface area contributed by atoms with E-state index in [4.69, 9.17) is 16.3 Å². The van der Waals surface area contributed by atoms with Crippen LogP contribution in [-0.4, -0.2) is 12.4 Å². The zero-order valence-corrected chi connectivity index (χ0v) is 12.0. The van der Waals surface area contributed by atoms with Gasteiger partial charge in [-0.05, 0) is 38.0 Å². The van der Waals surface area contributed by atoms with E-state index < -0.39 is 18.0 Å². The first kappa shape index (κ1) is 14.6. The Kier molecular flexibility index (Phi) is 3.34. The minimum absolute atomic E-state index is 0.0423. The molecular formula is C15H13ClF3NO. The predicted octanol–water partition coefficient (Wildman–Crippen LogP) is 4.30. The largest absolute Gasteiger partial charge is 0.433 e. The summed E-state index contributed by atoms with van der Waals surface area (Å²) in [6.45, 7) is 1.52. The standard InChI is InChI=1S/C15H13ClF3NO/c1-9-20-13-5-4-11(16)8-12(13)14(21-9,15(17,18)19)7-6-10-2-3-10/h4-5,8-10,20H,2-3H2,1H3. The summed E-state index contributed by atoms with van der Waals surface area (Å²) in [7, 11) is 0. The summed E-state index contributed by atoms with van der Waals surface area (Å²) >= 11 is 5.87. The monoisotopic (exact) mass is 315 g/mol. The van der Waals surface area contributed by atoms with Crippen LogP contribution < -0.4 is 5.32 Å². The molecule has 1 aromatic rings. The summed E-state index contributed by atoms with van der Waals surface area (Å²) in [5.74, 6) is 5.09. The molecule has 1 heterocycles. The normalized spacial score (nSPS) is 28.1. The van der Waals surface area contributed by atoms with Crippen LogP contribution >= 0.6 is 11.6 Å². The van der Waals surface area contributed by atoms with Gasteiger partial charge < -0.3 is 10.1 Å². The second-order valence-corrected chi connectivity index (χ2v) is 5.75. The van der Waals surface area contributed by atoms with Crippen molar-refractivity contribution in [2.75, 3.05) is 5.32 Å². The Morgan fingerprint density at radius 2 is 2.10 bits per heavy atom. The van der Waals surface area contributed by atoms with Gasteiger partial charge in [-0.25, -0.2) is 0 Å². The molecule has 2 atom stereocenters. The van der Waals surface area contributed by atoms with Gasteiger partial charge in [0.2, 0.25) is 0 Å². The molecule has 1 aliphatic heterocycles. The lowest BCUT2D eigenvalue weighted by molar-refractivity contribution is -0.270. The molecule has 2 unspecified atom stereocenters. The van der Waals surface area contributed by atoms with Crippen molar-refractivity contribution < 1.29 is 17.9 Å². The molecule has 0 aromatic heterocycles. The highest BCUT2D eigenvalue weighted by Gasteiger charge is 2.60. The van der Waals surface area contributed by atoms with E-state index in [-0.39, 0.29) is 16.5 Å². The molecule has 6 heteroatoms. The molecule has 1 N–H and O–H groups in total. The maximum Gasteiger partial charge on any atom is 0.433 e. The van der Waals surface area contributed by atoms with Gasteiger partial charge in [-0.15, -0.1) is 0 Å². The number of rotatable bonds is 0. The molecule has 112 valence electrons. The minimum Gasteiger partial charge on any atom is -0.360 e. The fourth-order valence-electron chi connectivity index (χ4n) is 2.33. The Morgan fingerprint density at radius 1 is 1.38 bits per heavy atom. The van der Waals surface area contributed by atoms with E-state index in [2.05, 4.69) is 17.2 Å². The van der Waals surface area contributed by atoms with Crippen LogP contribution in [0.5, 0.6) is 0 Å². The topological polar surface area (TPSA) is 21.3 Å². The van der Waals surface area contributed by atoms with Gasteiger partial charge in [0.25, 0.3) is 5.60 Å². The third-order valence-corrected chi connectivity index (χ3v) is 3.74. The second kappa shape index (κ2) is 4.82. The third kappa shape index (κ3) is 2.58. The van der Waals surface area contributed by atoms with Gasteiger partial charge in [0.15, 0.2) is 0 Å². The van der Waals surface area contributed by atoms with E-state index >= 15 is 0 Å². The molecule has 0 saturated heterocycles. The van der Waals surface area contributed by atoms with Crippen molar-refractivity contribution in [1.29, 1.82) is 0 Å². The molecule has 1 fully saturated rings. The number of fused-ring (bicyclic) bond motifs is 1. The van der Waals surface area contributed by atoms with Gasteiger partial charge in [-0.2, -0.15) is 13.2 Å². The van der Waals surface area contributed by atoms with Crippen molar-refractivity contribution in [3.05, 3.63) is 28.8 Å². The first-order chi connectivity index (χ1) is 9.82. The SMILES string of the molecule is CC1Nc2ccc(Cl)cc2C(C#CC2CC2)(C(F)(F)F)O1. The lowest BCUT2D eigenvalue weighted by Gasteiger charge is -2.40. The molecule has 0 radical (unpaired) electrons. The fourth-order valence-corrected chi connectivity index (χ4v) is 2.50. The van der Waals surface area contributed by atoms with Crippen molar-refractivity contribution >= 4 is 17.3 Å². The van der Waals surface area contributed by atoms with E-state index in [9.17, 15) is 13.2 Å². The predicted molar refractivity (Wildman–Crippen MR) is 73.9 cm³/mol. The van der Waals surface area contributed by atoms with Gasteiger partial charge in [0.05, 0.1) is 0 Å². The molecule has 21 heavy (non-hydrogen) atoms. The highest BCUT2D eigenvalue weighted by Crippen LogP contribution is 2.48. The average Bonchev–Trinajstić information content (AvgIpc) is 3.19. The van der Waals surface area contributed by atoms with Crippen LogP contribution in [0.4, 0.5) is 18.9 Å². The Labute approximate surface area is 125 Å². The van der Waals surface area contributed by atoms with Gasteiger partial charge in [-0.3, -0.25) is 0 Å². The van der Waals surface area contributed by atoms with Crippen molar-refractivity contribution in [1.82, 2.24) is 0 Å². The summed E-state index contributed by atoms with van der Waals surface area (Å²) in [5, 5.41) is 3.09. The summed E-state index contributed by atoms with van der Waals surface area (Å²) in [6, 6.07) is 4.34. The Balaban J connectivity index is 2.19. The number of benzene rings is 1. The quantitative estimate of drug-likeness (QED) is 0.721. The van der Waals surface area contributed by atoms with Crippen molar-refractivity contribution in [3.8, 4) is 11.8 Å². The minimum atomic E-state index is -4.65. The van der Waals surface area contributed by atoms with E-state index in [0.29, 0.717) is 5.69 Å². The maximum atomic E-state index is 13.8. The molecule has 2 nitrogen and oxygen atoms in total. The van der Waals surface area contributed by atoms with Gasteiger partial charge in [-0.1, -0.05) is 23.4 Å². The summed E-state index contributed by atoms with van der Waals surface area (Å²) in [6.07, 6.45) is -3.76. The molecule has 2 aliphatic rings. The summed E-state index contributed by atoms with van der Waals surface area (Å²) in [5.41, 5.74) is -2.35. The Morgan fingerprint density at radius 3 is 2.71 bits per heavy atom. The highest BCUT2D eigenvalue weighted by molar-refractivity contribution is 6.30. The molecule has 1 aliphatic carbocycles. The second-order valence-electron chi connectivity index (χ2n) is 5.32. The lowest BCUT2D eigenvalue weighted by Crippen LogP contribution is -2.50. The molecular weight excluding hydrogens is 303 g/mol. The maximum absolute atomic E-state index is 13.8. The van der Waals surface area contributed by atoms with E-state index in [1.165, 1.54) is 19.1 Å².